The van der Waals surface area contributed by atoms with Crippen LogP contribution in [0.3, 0.4) is 0 Å². The molecule has 2 aromatic carbocycles. The van der Waals surface area contributed by atoms with Gasteiger partial charge < -0.3 is 15.2 Å². The number of benzene rings is 2. The standard InChI is InChI=1S/C29H34N4O5/c1-18(2)33(28(35)20-10-8-19(3)9-11-20)26-25(29(36)37)17-32(31-26)23-14-12-22(13-15-23)30-27(34)21-6-5-7-24(16-21)38-4/h5-7,12-20H,8-11H2,1-4H3,(H,30,34)(H,36,37). The minimum atomic E-state index is -1.15. The van der Waals surface area contributed by atoms with Gasteiger partial charge in [-0.25, -0.2) is 9.48 Å². The van der Waals surface area contributed by atoms with E-state index < -0.39 is 5.97 Å². The molecule has 0 unspecified atom stereocenters. The van der Waals surface area contributed by atoms with Crippen molar-refractivity contribution in [3.05, 3.63) is 65.9 Å². The maximum atomic E-state index is 13.5. The van der Waals surface area contributed by atoms with Gasteiger partial charge in [-0.2, -0.15) is 0 Å². The number of nitrogens with zero attached hydrogens (tertiary/aromatic N) is 3. The fraction of sp³-hybridized carbons (Fsp3) is 0.379. The van der Waals surface area contributed by atoms with Crippen LogP contribution in [0.4, 0.5) is 11.5 Å². The summed E-state index contributed by atoms with van der Waals surface area (Å²) in [7, 11) is 1.54. The second-order valence-electron chi connectivity index (χ2n) is 10.1. The van der Waals surface area contributed by atoms with Gasteiger partial charge in [0.2, 0.25) is 5.91 Å². The van der Waals surface area contributed by atoms with E-state index in [0.717, 1.165) is 25.7 Å². The summed E-state index contributed by atoms with van der Waals surface area (Å²) in [6, 6.07) is 13.5. The molecule has 3 aromatic rings. The average molecular weight is 519 g/mol. The Morgan fingerprint density at radius 2 is 1.76 bits per heavy atom. The summed E-state index contributed by atoms with van der Waals surface area (Å²) < 4.78 is 6.63. The van der Waals surface area contributed by atoms with Crippen molar-refractivity contribution in [3.8, 4) is 11.4 Å². The van der Waals surface area contributed by atoms with Crippen molar-refractivity contribution in [2.24, 2.45) is 11.8 Å². The van der Waals surface area contributed by atoms with Gasteiger partial charge in [-0.05, 0) is 87.9 Å². The smallest absolute Gasteiger partial charge is 0.341 e. The van der Waals surface area contributed by atoms with E-state index in [1.54, 1.807) is 55.6 Å². The Morgan fingerprint density at radius 3 is 2.37 bits per heavy atom. The van der Waals surface area contributed by atoms with Crippen LogP contribution in [0.25, 0.3) is 5.69 Å². The number of rotatable bonds is 8. The Balaban J connectivity index is 1.57. The number of aromatic carboxylic acids is 1. The minimum absolute atomic E-state index is 0.0355. The highest BCUT2D eigenvalue weighted by Gasteiger charge is 2.34. The molecule has 4 rings (SSSR count). The third-order valence-electron chi connectivity index (χ3n) is 6.99. The molecule has 0 bridgehead atoms. The monoisotopic (exact) mass is 518 g/mol. The van der Waals surface area contributed by atoms with Crippen molar-refractivity contribution in [1.29, 1.82) is 0 Å². The highest BCUT2D eigenvalue weighted by molar-refractivity contribution is 6.04. The maximum absolute atomic E-state index is 13.5. The predicted molar refractivity (Wildman–Crippen MR) is 145 cm³/mol. The van der Waals surface area contributed by atoms with Gasteiger partial charge in [0.25, 0.3) is 5.91 Å². The molecule has 1 aliphatic carbocycles. The van der Waals surface area contributed by atoms with Gasteiger partial charge >= 0.3 is 5.97 Å². The number of anilines is 2. The number of nitrogens with one attached hydrogen (secondary N) is 1. The second kappa shape index (κ2) is 11.5. The normalized spacial score (nSPS) is 17.2. The summed E-state index contributed by atoms with van der Waals surface area (Å²) in [5, 5.41) is 17.3. The molecule has 1 saturated carbocycles. The molecule has 1 aliphatic rings. The number of amides is 2. The van der Waals surface area contributed by atoms with Crippen LogP contribution in [0.5, 0.6) is 5.75 Å². The molecular weight excluding hydrogens is 484 g/mol. The number of carbonyl (C=O) groups is 3. The van der Waals surface area contributed by atoms with Gasteiger partial charge in [0, 0.05) is 29.4 Å². The third kappa shape index (κ3) is 5.88. The van der Waals surface area contributed by atoms with Crippen LogP contribution >= 0.6 is 0 Å². The summed E-state index contributed by atoms with van der Waals surface area (Å²) in [6.45, 7) is 5.93. The molecule has 9 heteroatoms. The number of carbonyl (C=O) groups excluding carboxylic acids is 2. The number of ether oxygens (including phenoxy) is 1. The van der Waals surface area contributed by atoms with Crippen molar-refractivity contribution in [3.63, 3.8) is 0 Å². The highest BCUT2D eigenvalue weighted by atomic mass is 16.5. The molecule has 200 valence electrons. The first kappa shape index (κ1) is 26.9. The third-order valence-corrected chi connectivity index (χ3v) is 6.99. The minimum Gasteiger partial charge on any atom is -0.497 e. The fourth-order valence-corrected chi connectivity index (χ4v) is 4.80. The lowest BCUT2D eigenvalue weighted by Crippen LogP contribution is -2.43. The molecule has 0 spiro atoms. The molecule has 0 radical (unpaired) electrons. The molecule has 0 saturated heterocycles. The molecule has 1 aromatic heterocycles. The summed E-state index contributed by atoms with van der Waals surface area (Å²) in [5.41, 5.74) is 1.59. The van der Waals surface area contributed by atoms with Gasteiger partial charge in [0.05, 0.1) is 12.8 Å². The highest BCUT2D eigenvalue weighted by Crippen LogP contribution is 2.33. The molecule has 2 N–H and O–H groups in total. The number of hydrogen-bond donors (Lipinski definition) is 2. The number of aromatic nitrogens is 2. The van der Waals surface area contributed by atoms with Gasteiger partial charge in [0.15, 0.2) is 5.82 Å². The Bertz CT molecular complexity index is 1310. The molecular formula is C29H34N4O5. The largest absolute Gasteiger partial charge is 0.497 e. The Hall–Kier alpha value is -4.14. The van der Waals surface area contributed by atoms with Crippen molar-refractivity contribution < 1.29 is 24.2 Å². The number of hydrogen-bond acceptors (Lipinski definition) is 5. The van der Waals surface area contributed by atoms with Gasteiger partial charge in [-0.3, -0.25) is 14.5 Å². The first-order valence-electron chi connectivity index (χ1n) is 12.9. The Labute approximate surface area is 222 Å². The lowest BCUT2D eigenvalue weighted by Gasteiger charge is -2.32. The topological polar surface area (TPSA) is 114 Å². The molecule has 1 heterocycles. The van der Waals surface area contributed by atoms with Gasteiger partial charge in [-0.15, -0.1) is 5.10 Å². The van der Waals surface area contributed by atoms with E-state index in [-0.39, 0.29) is 35.2 Å². The lowest BCUT2D eigenvalue weighted by molar-refractivity contribution is -0.124. The van der Waals surface area contributed by atoms with Crippen LogP contribution in [0, 0.1) is 11.8 Å². The average Bonchev–Trinajstić information content (AvgIpc) is 3.34. The van der Waals surface area contributed by atoms with E-state index in [2.05, 4.69) is 17.3 Å². The van der Waals surface area contributed by atoms with Crippen LogP contribution in [-0.4, -0.2) is 45.8 Å². The molecule has 38 heavy (non-hydrogen) atoms. The zero-order chi connectivity index (χ0) is 27.4. The molecule has 9 nitrogen and oxygen atoms in total. The SMILES string of the molecule is COc1cccc(C(=O)Nc2ccc(-n3cc(C(=O)O)c(N(C(=O)C4CCC(C)CC4)C(C)C)n3)cc2)c1. The van der Waals surface area contributed by atoms with E-state index in [0.29, 0.717) is 28.6 Å². The summed E-state index contributed by atoms with van der Waals surface area (Å²) >= 11 is 0. The fourth-order valence-electron chi connectivity index (χ4n) is 4.80. The van der Waals surface area contributed by atoms with E-state index >= 15 is 0 Å². The number of methoxy groups -OCH3 is 1. The molecule has 0 atom stereocenters. The molecule has 2 amide bonds. The lowest BCUT2D eigenvalue weighted by atomic mass is 9.82. The first-order valence-corrected chi connectivity index (χ1v) is 12.9. The van der Waals surface area contributed by atoms with E-state index in [4.69, 9.17) is 4.74 Å². The van der Waals surface area contributed by atoms with Crippen molar-refractivity contribution in [2.75, 3.05) is 17.3 Å². The van der Waals surface area contributed by atoms with Crippen LogP contribution in [0.2, 0.25) is 0 Å². The summed E-state index contributed by atoms with van der Waals surface area (Å²) in [4.78, 5) is 39.8. The summed E-state index contributed by atoms with van der Waals surface area (Å²) in [6.07, 6.45) is 5.00. The van der Waals surface area contributed by atoms with Crippen molar-refractivity contribution >= 4 is 29.3 Å². The van der Waals surface area contributed by atoms with Gasteiger partial charge in [-0.1, -0.05) is 13.0 Å². The van der Waals surface area contributed by atoms with E-state index in [9.17, 15) is 19.5 Å². The first-order chi connectivity index (χ1) is 18.2. The maximum Gasteiger partial charge on any atom is 0.341 e. The van der Waals surface area contributed by atoms with Crippen LogP contribution < -0.4 is 15.0 Å². The van der Waals surface area contributed by atoms with Gasteiger partial charge in [0.1, 0.15) is 11.3 Å². The Kier molecular flexibility index (Phi) is 8.14. The zero-order valence-corrected chi connectivity index (χ0v) is 22.2. The zero-order valence-electron chi connectivity index (χ0n) is 22.2. The second-order valence-corrected chi connectivity index (χ2v) is 10.1. The van der Waals surface area contributed by atoms with E-state index in [1.165, 1.54) is 15.8 Å². The molecule has 0 aliphatic heterocycles. The van der Waals surface area contributed by atoms with Crippen LogP contribution in [-0.2, 0) is 4.79 Å². The number of carboxylic acids is 1. The van der Waals surface area contributed by atoms with Crippen molar-refractivity contribution in [1.82, 2.24) is 9.78 Å². The Morgan fingerprint density at radius 1 is 1.08 bits per heavy atom. The van der Waals surface area contributed by atoms with Crippen LogP contribution in [0.1, 0.15) is 67.2 Å². The summed E-state index contributed by atoms with van der Waals surface area (Å²) in [5.74, 6) is -0.305. The van der Waals surface area contributed by atoms with Crippen molar-refractivity contribution in [2.45, 2.75) is 52.5 Å². The van der Waals surface area contributed by atoms with E-state index in [1.807, 2.05) is 13.8 Å². The predicted octanol–water partition coefficient (Wildman–Crippen LogP) is 5.40. The van der Waals surface area contributed by atoms with Crippen LogP contribution in [0.15, 0.2) is 54.7 Å². The molecule has 1 fully saturated rings. The number of carboxylic acid groups (broad SMARTS) is 1. The quantitative estimate of drug-likeness (QED) is 0.413.